The molecule has 0 aliphatic carbocycles. The molecule has 0 saturated heterocycles. The van der Waals surface area contributed by atoms with Crippen LogP contribution in [0.5, 0.6) is 0 Å². The third-order valence-corrected chi connectivity index (χ3v) is 1.69. The van der Waals surface area contributed by atoms with Gasteiger partial charge in [-0.25, -0.2) is 0 Å². The van der Waals surface area contributed by atoms with Gasteiger partial charge in [0.2, 0.25) is 0 Å². The monoisotopic (exact) mass is 186 g/mol. The summed E-state index contributed by atoms with van der Waals surface area (Å²) in [5.74, 6) is 0.848. The molecule has 0 spiro atoms. The van der Waals surface area contributed by atoms with Crippen LogP contribution < -0.4 is 0 Å². The van der Waals surface area contributed by atoms with Gasteiger partial charge in [0, 0.05) is 19.4 Å². The van der Waals surface area contributed by atoms with Crippen molar-refractivity contribution in [3.05, 3.63) is 0 Å². The fourth-order valence-electron chi connectivity index (χ4n) is 1.15. The van der Waals surface area contributed by atoms with Gasteiger partial charge in [-0.15, -0.1) is 0 Å². The highest BCUT2D eigenvalue weighted by Gasteiger charge is 2.04. The standard InChI is InChI=1S/C11H22O2/c1-9(2)8-11(12)6-5-7-13-10(3)4/h9-10H,5-8H2,1-4H3. The second-order valence-corrected chi connectivity index (χ2v) is 4.16. The Hall–Kier alpha value is -0.370. The molecule has 0 rings (SSSR count). The zero-order valence-electron chi connectivity index (χ0n) is 9.30. The molecule has 2 heteroatoms. The maximum atomic E-state index is 11.2. The molecule has 0 aliphatic heterocycles. The molecule has 13 heavy (non-hydrogen) atoms. The van der Waals surface area contributed by atoms with Crippen molar-refractivity contribution in [2.45, 2.75) is 53.1 Å². The zero-order valence-corrected chi connectivity index (χ0v) is 9.30. The lowest BCUT2D eigenvalue weighted by Crippen LogP contribution is -2.07. The second-order valence-electron chi connectivity index (χ2n) is 4.16. The Morgan fingerprint density at radius 1 is 1.23 bits per heavy atom. The molecule has 78 valence electrons. The van der Waals surface area contributed by atoms with Gasteiger partial charge in [-0.3, -0.25) is 4.79 Å². The number of carbonyl (C=O) groups is 1. The van der Waals surface area contributed by atoms with Gasteiger partial charge in [-0.1, -0.05) is 13.8 Å². The van der Waals surface area contributed by atoms with E-state index in [0.717, 1.165) is 6.42 Å². The average Bonchev–Trinajstić information content (AvgIpc) is 1.96. The van der Waals surface area contributed by atoms with Crippen molar-refractivity contribution in [2.75, 3.05) is 6.61 Å². The van der Waals surface area contributed by atoms with Crippen LogP contribution in [0, 0.1) is 5.92 Å². The first-order chi connectivity index (χ1) is 6.02. The maximum Gasteiger partial charge on any atom is 0.133 e. The predicted octanol–water partition coefficient (Wildman–Crippen LogP) is 2.81. The molecule has 0 bridgehead atoms. The molecule has 0 amide bonds. The van der Waals surface area contributed by atoms with E-state index in [4.69, 9.17) is 4.74 Å². The summed E-state index contributed by atoms with van der Waals surface area (Å²) in [5, 5.41) is 0. The molecule has 0 aromatic rings. The Morgan fingerprint density at radius 2 is 1.85 bits per heavy atom. The first kappa shape index (κ1) is 12.6. The Morgan fingerprint density at radius 3 is 2.31 bits per heavy atom. The number of rotatable bonds is 7. The lowest BCUT2D eigenvalue weighted by molar-refractivity contribution is -0.120. The first-order valence-electron chi connectivity index (χ1n) is 5.15. The smallest absolute Gasteiger partial charge is 0.133 e. The highest BCUT2D eigenvalue weighted by molar-refractivity contribution is 5.78. The van der Waals surface area contributed by atoms with E-state index in [9.17, 15) is 4.79 Å². The molecular formula is C11H22O2. The average molecular weight is 186 g/mol. The third-order valence-electron chi connectivity index (χ3n) is 1.69. The Bertz CT molecular complexity index is 139. The topological polar surface area (TPSA) is 26.3 Å². The van der Waals surface area contributed by atoms with Crippen LogP contribution in [-0.4, -0.2) is 18.5 Å². The fraction of sp³-hybridized carbons (Fsp3) is 0.909. The highest BCUT2D eigenvalue weighted by Crippen LogP contribution is 2.04. The van der Waals surface area contributed by atoms with Crippen molar-refractivity contribution in [3.63, 3.8) is 0 Å². The normalized spacial score (nSPS) is 11.2. The van der Waals surface area contributed by atoms with Crippen LogP contribution in [0.4, 0.5) is 0 Å². The lowest BCUT2D eigenvalue weighted by Gasteiger charge is -2.07. The maximum absolute atomic E-state index is 11.2. The molecule has 0 saturated carbocycles. The minimum atomic E-state index is 0.278. The Kier molecular flexibility index (Phi) is 6.87. The summed E-state index contributed by atoms with van der Waals surface area (Å²) in [4.78, 5) is 11.2. The summed E-state index contributed by atoms with van der Waals surface area (Å²) in [6, 6.07) is 0. The molecule has 0 fully saturated rings. The zero-order chi connectivity index (χ0) is 10.3. The van der Waals surface area contributed by atoms with Gasteiger partial charge in [0.1, 0.15) is 5.78 Å². The van der Waals surface area contributed by atoms with E-state index in [1.165, 1.54) is 0 Å². The molecule has 0 unspecified atom stereocenters. The first-order valence-corrected chi connectivity index (χ1v) is 5.15. The van der Waals surface area contributed by atoms with Gasteiger partial charge in [0.15, 0.2) is 0 Å². The molecule has 2 nitrogen and oxygen atoms in total. The van der Waals surface area contributed by atoms with Crippen LogP contribution in [0.1, 0.15) is 47.0 Å². The molecule has 0 aliphatic rings. The summed E-state index contributed by atoms with van der Waals surface area (Å²) in [6.45, 7) is 8.87. The van der Waals surface area contributed by atoms with Gasteiger partial charge in [0.05, 0.1) is 6.10 Å². The van der Waals surface area contributed by atoms with Crippen molar-refractivity contribution >= 4 is 5.78 Å². The van der Waals surface area contributed by atoms with E-state index in [1.807, 2.05) is 13.8 Å². The van der Waals surface area contributed by atoms with Crippen molar-refractivity contribution in [3.8, 4) is 0 Å². The van der Waals surface area contributed by atoms with E-state index in [1.54, 1.807) is 0 Å². The summed E-state index contributed by atoms with van der Waals surface area (Å²) in [6.07, 6.45) is 2.52. The van der Waals surface area contributed by atoms with Crippen LogP contribution in [0.25, 0.3) is 0 Å². The molecule has 0 atom stereocenters. The number of ketones is 1. The van der Waals surface area contributed by atoms with Crippen LogP contribution in [0.3, 0.4) is 0 Å². The Balaban J connectivity index is 3.27. The highest BCUT2D eigenvalue weighted by atomic mass is 16.5. The summed E-state index contributed by atoms with van der Waals surface area (Å²) < 4.78 is 5.34. The number of Topliss-reactive ketones (excluding diaryl/α,β-unsaturated/α-hetero) is 1. The van der Waals surface area contributed by atoms with Crippen molar-refractivity contribution in [2.24, 2.45) is 5.92 Å². The Labute approximate surface area is 81.7 Å². The molecular weight excluding hydrogens is 164 g/mol. The second kappa shape index (κ2) is 7.07. The van der Waals surface area contributed by atoms with Gasteiger partial charge in [-0.2, -0.15) is 0 Å². The molecule has 0 aromatic heterocycles. The number of carbonyl (C=O) groups excluding carboxylic acids is 1. The van der Waals surface area contributed by atoms with Crippen molar-refractivity contribution < 1.29 is 9.53 Å². The van der Waals surface area contributed by atoms with Gasteiger partial charge >= 0.3 is 0 Å². The van der Waals surface area contributed by atoms with E-state index in [0.29, 0.717) is 31.1 Å². The number of ether oxygens (including phenoxy) is 1. The molecule has 0 N–H and O–H groups in total. The number of hydrogen-bond donors (Lipinski definition) is 0. The molecule has 0 radical (unpaired) electrons. The molecule has 0 aromatic carbocycles. The van der Waals surface area contributed by atoms with Crippen LogP contribution >= 0.6 is 0 Å². The van der Waals surface area contributed by atoms with Crippen molar-refractivity contribution in [1.82, 2.24) is 0 Å². The quantitative estimate of drug-likeness (QED) is 0.571. The minimum Gasteiger partial charge on any atom is -0.379 e. The van der Waals surface area contributed by atoms with Crippen LogP contribution in [0.2, 0.25) is 0 Å². The van der Waals surface area contributed by atoms with Gasteiger partial charge in [0.25, 0.3) is 0 Å². The van der Waals surface area contributed by atoms with Crippen LogP contribution in [-0.2, 0) is 9.53 Å². The summed E-state index contributed by atoms with van der Waals surface area (Å²) in [5.41, 5.74) is 0. The van der Waals surface area contributed by atoms with E-state index < -0.39 is 0 Å². The van der Waals surface area contributed by atoms with E-state index >= 15 is 0 Å². The third kappa shape index (κ3) is 9.54. The van der Waals surface area contributed by atoms with Crippen LogP contribution in [0.15, 0.2) is 0 Å². The summed E-state index contributed by atoms with van der Waals surface area (Å²) >= 11 is 0. The summed E-state index contributed by atoms with van der Waals surface area (Å²) in [7, 11) is 0. The largest absolute Gasteiger partial charge is 0.379 e. The molecule has 0 heterocycles. The lowest BCUT2D eigenvalue weighted by atomic mass is 10.0. The van der Waals surface area contributed by atoms with E-state index in [-0.39, 0.29) is 6.10 Å². The van der Waals surface area contributed by atoms with Gasteiger partial charge in [-0.05, 0) is 26.2 Å². The minimum absolute atomic E-state index is 0.278. The number of hydrogen-bond acceptors (Lipinski definition) is 2. The predicted molar refractivity (Wildman–Crippen MR) is 54.8 cm³/mol. The van der Waals surface area contributed by atoms with Gasteiger partial charge < -0.3 is 4.74 Å². The van der Waals surface area contributed by atoms with Crippen molar-refractivity contribution in [1.29, 1.82) is 0 Å². The van der Waals surface area contributed by atoms with E-state index in [2.05, 4.69) is 13.8 Å². The SMILES string of the molecule is CC(C)CC(=O)CCCOC(C)C. The fourth-order valence-corrected chi connectivity index (χ4v) is 1.15.